The topological polar surface area (TPSA) is 86.8 Å². The van der Waals surface area contributed by atoms with E-state index in [2.05, 4.69) is 5.32 Å². The molecule has 0 unspecified atom stereocenters. The fourth-order valence-electron chi connectivity index (χ4n) is 4.76. The van der Waals surface area contributed by atoms with E-state index >= 15 is 0 Å². The van der Waals surface area contributed by atoms with Crippen molar-refractivity contribution >= 4 is 39.1 Å². The molecule has 9 heteroatoms. The van der Waals surface area contributed by atoms with Gasteiger partial charge in [0.15, 0.2) is 0 Å². The first-order valence-corrected chi connectivity index (χ1v) is 16.4. The number of carbonyl (C=O) groups is 2. The Hall–Kier alpha value is -4.14. The van der Waals surface area contributed by atoms with Gasteiger partial charge in [0.1, 0.15) is 12.6 Å². The van der Waals surface area contributed by atoms with Gasteiger partial charge in [-0.15, -0.1) is 0 Å². The van der Waals surface area contributed by atoms with Gasteiger partial charge < -0.3 is 10.2 Å². The van der Waals surface area contributed by atoms with Crippen molar-refractivity contribution in [2.24, 2.45) is 0 Å². The maximum atomic E-state index is 14.5. The highest BCUT2D eigenvalue weighted by molar-refractivity contribution is 7.92. The minimum absolute atomic E-state index is 0.0354. The summed E-state index contributed by atoms with van der Waals surface area (Å²) in [5, 5.41) is 3.37. The van der Waals surface area contributed by atoms with E-state index < -0.39 is 28.5 Å². The first-order chi connectivity index (χ1) is 21.1. The number of amides is 2. The van der Waals surface area contributed by atoms with Gasteiger partial charge in [0.2, 0.25) is 11.8 Å². The average Bonchev–Trinajstić information content (AvgIpc) is 3.03. The lowest BCUT2D eigenvalue weighted by Crippen LogP contribution is -2.54. The Morgan fingerprint density at radius 2 is 1.48 bits per heavy atom. The Balaban J connectivity index is 1.80. The van der Waals surface area contributed by atoms with Gasteiger partial charge in [0, 0.05) is 24.0 Å². The largest absolute Gasteiger partial charge is 0.352 e. The van der Waals surface area contributed by atoms with Crippen molar-refractivity contribution in [1.82, 2.24) is 10.2 Å². The molecule has 1 N–H and O–H groups in total. The van der Waals surface area contributed by atoms with Crippen LogP contribution in [0.5, 0.6) is 0 Å². The minimum atomic E-state index is -4.18. The summed E-state index contributed by atoms with van der Waals surface area (Å²) >= 11 is 6.28. The Morgan fingerprint density at radius 3 is 2.09 bits per heavy atom. The molecule has 2 atom stereocenters. The normalized spacial score (nSPS) is 12.6. The zero-order valence-electron chi connectivity index (χ0n) is 25.2. The van der Waals surface area contributed by atoms with Crippen LogP contribution < -0.4 is 9.62 Å². The standard InChI is InChI=1S/C35H38ClN3O4S/c1-4-27(3)37-35(41)33(22-28-12-7-5-8-13-28)38(24-29-20-18-26(2)19-21-29)34(40)25-39(31-15-11-14-30(36)23-31)44(42,43)32-16-9-6-10-17-32/h5-21,23,27,33H,4,22,24-25H2,1-3H3,(H,37,41)/t27-,33+/m1/s1. The van der Waals surface area contributed by atoms with Crippen molar-refractivity contribution < 1.29 is 18.0 Å². The van der Waals surface area contributed by atoms with Gasteiger partial charge >= 0.3 is 0 Å². The molecule has 0 aliphatic carbocycles. The van der Waals surface area contributed by atoms with Gasteiger partial charge in [-0.1, -0.05) is 103 Å². The number of aryl methyl sites for hydroxylation is 1. The minimum Gasteiger partial charge on any atom is -0.352 e. The van der Waals surface area contributed by atoms with Crippen molar-refractivity contribution in [2.45, 2.75) is 57.1 Å². The molecule has 0 radical (unpaired) electrons. The summed E-state index contributed by atoms with van der Waals surface area (Å²) in [5.74, 6) is -0.825. The van der Waals surface area contributed by atoms with Crippen LogP contribution in [0.15, 0.2) is 114 Å². The first kappa shape index (κ1) is 32.8. The maximum Gasteiger partial charge on any atom is 0.264 e. The molecule has 0 aliphatic rings. The molecule has 230 valence electrons. The predicted molar refractivity (Wildman–Crippen MR) is 176 cm³/mol. The van der Waals surface area contributed by atoms with E-state index in [1.807, 2.05) is 75.4 Å². The molecule has 0 saturated carbocycles. The third kappa shape index (κ3) is 8.49. The van der Waals surface area contributed by atoms with Crippen LogP contribution >= 0.6 is 11.6 Å². The molecule has 0 saturated heterocycles. The van der Waals surface area contributed by atoms with Crippen molar-refractivity contribution in [2.75, 3.05) is 10.8 Å². The molecule has 0 aromatic heterocycles. The third-order valence-electron chi connectivity index (χ3n) is 7.45. The average molecular weight is 632 g/mol. The monoisotopic (exact) mass is 631 g/mol. The van der Waals surface area contributed by atoms with Gasteiger partial charge in [-0.25, -0.2) is 8.42 Å². The summed E-state index contributed by atoms with van der Waals surface area (Å²) < 4.78 is 29.1. The van der Waals surface area contributed by atoms with Crippen LogP contribution in [-0.4, -0.2) is 43.8 Å². The van der Waals surface area contributed by atoms with E-state index in [1.54, 1.807) is 36.4 Å². The molecule has 0 bridgehead atoms. The molecule has 4 aromatic carbocycles. The van der Waals surface area contributed by atoms with Crippen LogP contribution in [-0.2, 0) is 32.6 Å². The second-order valence-electron chi connectivity index (χ2n) is 10.8. The molecular weight excluding hydrogens is 594 g/mol. The van der Waals surface area contributed by atoms with Crippen molar-refractivity contribution in [3.8, 4) is 0 Å². The van der Waals surface area contributed by atoms with Gasteiger partial charge in [-0.2, -0.15) is 0 Å². The Kier molecular flexibility index (Phi) is 11.2. The van der Waals surface area contributed by atoms with Crippen LogP contribution in [0.1, 0.15) is 37.0 Å². The Morgan fingerprint density at radius 1 is 0.841 bits per heavy atom. The predicted octanol–water partition coefficient (Wildman–Crippen LogP) is 6.40. The Bertz CT molecular complexity index is 1650. The smallest absolute Gasteiger partial charge is 0.264 e. The third-order valence-corrected chi connectivity index (χ3v) is 9.48. The number of nitrogens with zero attached hydrogens (tertiary/aromatic N) is 2. The lowest BCUT2D eigenvalue weighted by atomic mass is 10.0. The number of hydrogen-bond acceptors (Lipinski definition) is 4. The summed E-state index contributed by atoms with van der Waals surface area (Å²) in [7, 11) is -4.18. The molecule has 4 aromatic rings. The summed E-state index contributed by atoms with van der Waals surface area (Å²) in [6, 6.07) is 30.5. The highest BCUT2D eigenvalue weighted by Gasteiger charge is 2.35. The SMILES string of the molecule is CC[C@@H](C)NC(=O)[C@H](Cc1ccccc1)N(Cc1ccc(C)cc1)C(=O)CN(c1cccc(Cl)c1)S(=O)(=O)c1ccccc1. The Labute approximate surface area is 265 Å². The molecule has 0 fully saturated rings. The van der Waals surface area contributed by atoms with Gasteiger partial charge in [0.05, 0.1) is 10.6 Å². The van der Waals surface area contributed by atoms with Crippen LogP contribution in [0.25, 0.3) is 0 Å². The van der Waals surface area contributed by atoms with E-state index in [0.29, 0.717) is 11.4 Å². The van der Waals surface area contributed by atoms with Gasteiger partial charge in [0.25, 0.3) is 10.0 Å². The molecule has 0 heterocycles. The number of nitrogens with one attached hydrogen (secondary N) is 1. The van der Waals surface area contributed by atoms with E-state index in [-0.39, 0.29) is 35.5 Å². The molecule has 44 heavy (non-hydrogen) atoms. The zero-order chi connectivity index (χ0) is 31.7. The summed E-state index contributed by atoms with van der Waals surface area (Å²) in [5.41, 5.74) is 3.00. The van der Waals surface area contributed by atoms with E-state index in [0.717, 1.165) is 21.0 Å². The zero-order valence-corrected chi connectivity index (χ0v) is 26.8. The van der Waals surface area contributed by atoms with Crippen LogP contribution in [0.4, 0.5) is 5.69 Å². The van der Waals surface area contributed by atoms with Crippen LogP contribution in [0.2, 0.25) is 5.02 Å². The number of sulfonamides is 1. The number of benzene rings is 4. The van der Waals surface area contributed by atoms with E-state index in [9.17, 15) is 18.0 Å². The lowest BCUT2D eigenvalue weighted by Gasteiger charge is -2.34. The van der Waals surface area contributed by atoms with Crippen LogP contribution in [0, 0.1) is 6.92 Å². The fraction of sp³-hybridized carbons (Fsp3) is 0.257. The number of hydrogen-bond donors (Lipinski definition) is 1. The van der Waals surface area contributed by atoms with Crippen LogP contribution in [0.3, 0.4) is 0 Å². The molecule has 2 amide bonds. The van der Waals surface area contributed by atoms with Crippen molar-refractivity contribution in [1.29, 1.82) is 0 Å². The molecule has 7 nitrogen and oxygen atoms in total. The quantitative estimate of drug-likeness (QED) is 0.185. The lowest BCUT2D eigenvalue weighted by molar-refractivity contribution is -0.140. The highest BCUT2D eigenvalue weighted by Crippen LogP contribution is 2.27. The van der Waals surface area contributed by atoms with E-state index in [4.69, 9.17) is 11.6 Å². The number of halogens is 1. The number of carbonyl (C=O) groups excluding carboxylic acids is 2. The van der Waals surface area contributed by atoms with Gasteiger partial charge in [-0.3, -0.25) is 13.9 Å². The summed E-state index contributed by atoms with van der Waals surface area (Å²) in [4.78, 5) is 29.9. The second-order valence-corrected chi connectivity index (χ2v) is 13.1. The highest BCUT2D eigenvalue weighted by atomic mass is 35.5. The molecule has 4 rings (SSSR count). The van der Waals surface area contributed by atoms with Gasteiger partial charge in [-0.05, 0) is 61.7 Å². The van der Waals surface area contributed by atoms with Crippen molar-refractivity contribution in [3.05, 3.63) is 131 Å². The van der Waals surface area contributed by atoms with E-state index in [1.165, 1.54) is 23.1 Å². The fourth-order valence-corrected chi connectivity index (χ4v) is 6.38. The second kappa shape index (κ2) is 15.0. The molecule has 0 aliphatic heterocycles. The molecule has 0 spiro atoms. The first-order valence-electron chi connectivity index (χ1n) is 14.6. The summed E-state index contributed by atoms with van der Waals surface area (Å²) in [6.07, 6.45) is 0.969. The molecular formula is C35H38ClN3O4S. The maximum absolute atomic E-state index is 14.5. The number of rotatable bonds is 13. The number of anilines is 1. The van der Waals surface area contributed by atoms with Crippen molar-refractivity contribution in [3.63, 3.8) is 0 Å². The summed E-state index contributed by atoms with van der Waals surface area (Å²) in [6.45, 7) is 5.44.